The van der Waals surface area contributed by atoms with Crippen LogP contribution in [0.2, 0.25) is 0 Å². The fraction of sp³-hybridized carbons (Fsp3) is 0. The zero-order valence-electron chi connectivity index (χ0n) is 36.6. The molecule has 0 saturated carbocycles. The van der Waals surface area contributed by atoms with Gasteiger partial charge in [0.1, 0.15) is 34.6 Å². The summed E-state index contributed by atoms with van der Waals surface area (Å²) in [5, 5.41) is 0. The smallest absolute Gasteiger partial charge is 0.262 e. The molecular weight excluding hydrogens is 834 g/mol. The number of pyridine rings is 1. The molecule has 9 heteroatoms. The molecule has 0 saturated heterocycles. The molecule has 14 rings (SSSR count). The van der Waals surface area contributed by atoms with Crippen molar-refractivity contribution in [2.75, 3.05) is 14.7 Å². The molecule has 10 aromatic rings. The van der Waals surface area contributed by atoms with Gasteiger partial charge in [-0.2, -0.15) is 4.98 Å². The molecule has 5 heterocycles. The molecule has 4 aliphatic rings. The van der Waals surface area contributed by atoms with Crippen LogP contribution >= 0.6 is 0 Å². The maximum Gasteiger partial charge on any atom is 0.262 e. The summed E-state index contributed by atoms with van der Waals surface area (Å²) in [5.74, 6) is 5.26. The van der Waals surface area contributed by atoms with Crippen LogP contribution in [0.4, 0.5) is 51.3 Å². The molecule has 0 amide bonds. The van der Waals surface area contributed by atoms with E-state index in [-0.39, 0.29) is 13.4 Å². The highest BCUT2D eigenvalue weighted by molar-refractivity contribution is 7.01. The number of ether oxygens (including phenoxy) is 3. The number of hydrogen-bond donors (Lipinski definition) is 0. The second-order valence-electron chi connectivity index (χ2n) is 17.5. The fourth-order valence-electron chi connectivity index (χ4n) is 10.7. The minimum Gasteiger partial charge on any atom is -0.458 e. The third-order valence-corrected chi connectivity index (χ3v) is 13.6. The van der Waals surface area contributed by atoms with E-state index < -0.39 is 0 Å². The lowest BCUT2D eigenvalue weighted by molar-refractivity contribution is 0.454. The first-order chi connectivity index (χ1) is 33.7. The van der Waals surface area contributed by atoms with Crippen LogP contribution in [0.25, 0.3) is 0 Å². The number of anilines is 9. The Morgan fingerprint density at radius 1 is 0.338 bits per heavy atom. The molecule has 0 fully saturated rings. The number of benzene rings is 9. The monoisotopic (exact) mass is 872 g/mol. The van der Waals surface area contributed by atoms with Gasteiger partial charge in [0.25, 0.3) is 13.4 Å². The summed E-state index contributed by atoms with van der Waals surface area (Å²) >= 11 is 0. The Labute approximate surface area is 394 Å². The predicted molar refractivity (Wildman–Crippen MR) is 277 cm³/mol. The van der Waals surface area contributed by atoms with Crippen molar-refractivity contribution in [3.05, 3.63) is 231 Å². The van der Waals surface area contributed by atoms with Crippen LogP contribution in [-0.4, -0.2) is 18.4 Å². The van der Waals surface area contributed by atoms with Gasteiger partial charge in [-0.3, -0.25) is 4.90 Å². The molecule has 1 aromatic heterocycles. The van der Waals surface area contributed by atoms with Crippen LogP contribution in [0.15, 0.2) is 231 Å². The van der Waals surface area contributed by atoms with Crippen molar-refractivity contribution < 1.29 is 14.2 Å². The summed E-state index contributed by atoms with van der Waals surface area (Å²) in [4.78, 5) is 12.6. The van der Waals surface area contributed by atoms with E-state index in [1.54, 1.807) is 0 Å². The van der Waals surface area contributed by atoms with Gasteiger partial charge in [-0.25, -0.2) is 0 Å². The average molecular weight is 873 g/mol. The Balaban J connectivity index is 1.02. The van der Waals surface area contributed by atoms with Crippen molar-refractivity contribution in [3.8, 4) is 34.6 Å². The summed E-state index contributed by atoms with van der Waals surface area (Å²) in [6.45, 7) is -0.409. The molecule has 0 N–H and O–H groups in total. The van der Waals surface area contributed by atoms with Gasteiger partial charge in [0, 0.05) is 57.8 Å². The third kappa shape index (κ3) is 5.99. The van der Waals surface area contributed by atoms with E-state index in [1.165, 1.54) is 0 Å². The van der Waals surface area contributed by atoms with E-state index in [4.69, 9.17) is 19.2 Å². The minimum atomic E-state index is -0.212. The number of rotatable bonds is 7. The third-order valence-electron chi connectivity index (χ3n) is 13.6. The van der Waals surface area contributed by atoms with Crippen LogP contribution < -0.4 is 61.7 Å². The molecule has 0 radical (unpaired) electrons. The molecule has 0 aliphatic carbocycles. The number of para-hydroxylation sites is 7. The van der Waals surface area contributed by atoms with Crippen molar-refractivity contribution >= 4 is 97.5 Å². The highest BCUT2D eigenvalue weighted by atomic mass is 16.5. The first kappa shape index (κ1) is 38.3. The summed E-state index contributed by atoms with van der Waals surface area (Å²) in [6, 6.07) is 80.4. The van der Waals surface area contributed by atoms with E-state index >= 15 is 0 Å². The Kier molecular flexibility index (Phi) is 8.64. The highest BCUT2D eigenvalue weighted by Crippen LogP contribution is 2.47. The quantitative estimate of drug-likeness (QED) is 0.148. The van der Waals surface area contributed by atoms with Crippen molar-refractivity contribution in [2.45, 2.75) is 0 Å². The van der Waals surface area contributed by atoms with Gasteiger partial charge in [0.05, 0.1) is 11.4 Å². The number of aromatic nitrogens is 1. The lowest BCUT2D eigenvalue weighted by atomic mass is 9.31. The largest absolute Gasteiger partial charge is 0.458 e. The Morgan fingerprint density at radius 3 is 1.26 bits per heavy atom. The van der Waals surface area contributed by atoms with E-state index in [1.807, 2.05) is 18.2 Å². The van der Waals surface area contributed by atoms with Crippen molar-refractivity contribution in [1.82, 2.24) is 4.98 Å². The standard InChI is InChI=1S/C59H38B2N4O3/c1-6-20-39(21-7-1)63(40-22-8-2-9-23-40)44-34-50-56-53(35-44)66-51-32-18-16-30-46(51)60(56)48-38-49-59(62-58(48)65(50)43-28-14-5-15-29-43)68-55-37-45(36-54-57(55)61(49)47-31-17-19-33-52(47)67-54)64(41-24-10-3-11-25-41)42-26-12-4-13-27-42/h1-38H. The highest BCUT2D eigenvalue weighted by Gasteiger charge is 2.47. The van der Waals surface area contributed by atoms with Gasteiger partial charge >= 0.3 is 0 Å². The maximum atomic E-state index is 7.22. The predicted octanol–water partition coefficient (Wildman–Crippen LogP) is 11.2. The average Bonchev–Trinajstić information content (AvgIpc) is 3.39. The molecule has 0 unspecified atom stereocenters. The van der Waals surface area contributed by atoms with Crippen LogP contribution in [0.5, 0.6) is 34.6 Å². The number of fused-ring (bicyclic) bond motifs is 8. The normalized spacial score (nSPS) is 13.0. The lowest BCUT2D eigenvalue weighted by Crippen LogP contribution is -2.63. The molecule has 318 valence electrons. The molecule has 9 aromatic carbocycles. The topological polar surface area (TPSA) is 50.3 Å². The van der Waals surface area contributed by atoms with E-state index in [9.17, 15) is 0 Å². The Hall–Kier alpha value is -8.94. The van der Waals surface area contributed by atoms with Gasteiger partial charge in [-0.15, -0.1) is 0 Å². The summed E-state index contributed by atoms with van der Waals surface area (Å²) < 4.78 is 21.1. The van der Waals surface area contributed by atoms with Gasteiger partial charge in [0.15, 0.2) is 0 Å². The molecule has 0 bridgehead atoms. The maximum absolute atomic E-state index is 7.22. The van der Waals surface area contributed by atoms with Gasteiger partial charge in [0.2, 0.25) is 5.88 Å². The van der Waals surface area contributed by atoms with Crippen LogP contribution in [0.1, 0.15) is 0 Å². The Morgan fingerprint density at radius 2 is 0.750 bits per heavy atom. The van der Waals surface area contributed by atoms with E-state index in [0.29, 0.717) is 11.6 Å². The molecular formula is C59H38B2N4O3. The summed E-state index contributed by atoms with van der Waals surface area (Å²) in [6.07, 6.45) is 0. The number of nitrogens with zero attached hydrogens (tertiary/aromatic N) is 4. The zero-order valence-corrected chi connectivity index (χ0v) is 36.6. The molecule has 4 aliphatic heterocycles. The SMILES string of the molecule is c1ccc(N(c2ccccc2)c2cc3c4c(c2)Oc2nc5c(cc2B4c2ccccc2O3)B2c3ccccc3Oc3cc(N(c4ccccc4)c4ccccc4)cc(c32)N5c2ccccc2)cc1. The minimum absolute atomic E-state index is 0.197. The van der Waals surface area contributed by atoms with Crippen LogP contribution in [0, 0.1) is 0 Å². The van der Waals surface area contributed by atoms with Gasteiger partial charge in [-0.1, -0.05) is 133 Å². The molecule has 68 heavy (non-hydrogen) atoms. The van der Waals surface area contributed by atoms with Gasteiger partial charge in [-0.05, 0) is 106 Å². The Bertz CT molecular complexity index is 3510. The summed E-state index contributed by atoms with van der Waals surface area (Å²) in [7, 11) is 0. The van der Waals surface area contributed by atoms with E-state index in [2.05, 4.69) is 227 Å². The second kappa shape index (κ2) is 15.3. The van der Waals surface area contributed by atoms with Crippen LogP contribution in [-0.2, 0) is 0 Å². The fourth-order valence-corrected chi connectivity index (χ4v) is 10.7. The first-order valence-corrected chi connectivity index (χ1v) is 23.0. The van der Waals surface area contributed by atoms with Crippen molar-refractivity contribution in [1.29, 1.82) is 0 Å². The zero-order chi connectivity index (χ0) is 44.7. The summed E-state index contributed by atoms with van der Waals surface area (Å²) in [5.41, 5.74) is 14.2. The molecule has 0 atom stereocenters. The van der Waals surface area contributed by atoms with Gasteiger partial charge < -0.3 is 24.0 Å². The van der Waals surface area contributed by atoms with E-state index in [0.717, 1.165) is 107 Å². The lowest BCUT2D eigenvalue weighted by Gasteiger charge is -2.41. The number of hydrogen-bond acceptors (Lipinski definition) is 7. The molecule has 0 spiro atoms. The van der Waals surface area contributed by atoms with Crippen molar-refractivity contribution in [3.63, 3.8) is 0 Å². The van der Waals surface area contributed by atoms with Crippen LogP contribution in [0.3, 0.4) is 0 Å². The molecule has 7 nitrogen and oxygen atoms in total. The second-order valence-corrected chi connectivity index (χ2v) is 17.5. The first-order valence-electron chi connectivity index (χ1n) is 23.0. The van der Waals surface area contributed by atoms with Crippen molar-refractivity contribution in [2.24, 2.45) is 0 Å².